The third kappa shape index (κ3) is 6.69. The lowest BCUT2D eigenvalue weighted by Crippen LogP contribution is -2.45. The molecule has 2 atom stereocenters. The van der Waals surface area contributed by atoms with Gasteiger partial charge in [-0.1, -0.05) is 6.92 Å². The molecule has 0 aromatic carbocycles. The van der Waals surface area contributed by atoms with Gasteiger partial charge in [-0.25, -0.2) is 0 Å². The number of ether oxygens (including phenoxy) is 1. The lowest BCUT2D eigenvalue weighted by Gasteiger charge is -2.28. The van der Waals surface area contributed by atoms with Gasteiger partial charge in [0, 0.05) is 38.3 Å². The Morgan fingerprint density at radius 2 is 2.17 bits per heavy atom. The van der Waals surface area contributed by atoms with Gasteiger partial charge in [0.25, 0.3) is 0 Å². The largest absolute Gasteiger partial charge is 0.390 e. The van der Waals surface area contributed by atoms with Crippen molar-refractivity contribution in [2.24, 2.45) is 0 Å². The minimum atomic E-state index is -0.306. The Morgan fingerprint density at radius 3 is 2.78 bits per heavy atom. The number of aliphatic hydroxyl groups excluding tert-OH is 1. The first-order valence-electron chi connectivity index (χ1n) is 7.17. The number of rotatable bonds is 5. The van der Waals surface area contributed by atoms with Crippen LogP contribution in [0, 0.1) is 0 Å². The van der Waals surface area contributed by atoms with E-state index in [0.717, 1.165) is 39.1 Å². The number of β-amino-alcohol motifs (C(OH)–C–C–N with tert-alkyl or cyclic N) is 1. The van der Waals surface area contributed by atoms with Crippen LogP contribution in [0.1, 0.15) is 40.5 Å². The van der Waals surface area contributed by atoms with E-state index in [-0.39, 0.29) is 11.6 Å². The zero-order chi connectivity index (χ0) is 13.6. The highest BCUT2D eigenvalue weighted by Gasteiger charge is 2.20. The molecular weight excluding hydrogens is 228 g/mol. The van der Waals surface area contributed by atoms with Crippen molar-refractivity contribution < 1.29 is 9.84 Å². The van der Waals surface area contributed by atoms with Gasteiger partial charge in [0.1, 0.15) is 0 Å². The molecule has 0 amide bonds. The van der Waals surface area contributed by atoms with Crippen LogP contribution in [0.2, 0.25) is 0 Å². The van der Waals surface area contributed by atoms with Crippen molar-refractivity contribution in [3.05, 3.63) is 0 Å². The predicted molar refractivity (Wildman–Crippen MR) is 74.9 cm³/mol. The fourth-order valence-electron chi connectivity index (χ4n) is 2.17. The molecule has 18 heavy (non-hydrogen) atoms. The lowest BCUT2D eigenvalue weighted by molar-refractivity contribution is 0.0421. The second-order valence-corrected chi connectivity index (χ2v) is 6.30. The molecule has 0 bridgehead atoms. The van der Waals surface area contributed by atoms with E-state index in [0.29, 0.717) is 12.6 Å². The standard InChI is InChI=1S/C14H30N2O2/c1-5-13-11-16(7-6-8-18-13)10-12(17)9-15-14(2,3)4/h12-13,15,17H,5-11H2,1-4H3. The summed E-state index contributed by atoms with van der Waals surface area (Å²) in [6.45, 7) is 12.7. The van der Waals surface area contributed by atoms with Gasteiger partial charge < -0.3 is 15.2 Å². The van der Waals surface area contributed by atoms with Crippen LogP contribution < -0.4 is 5.32 Å². The van der Waals surface area contributed by atoms with Gasteiger partial charge >= 0.3 is 0 Å². The molecular formula is C14H30N2O2. The molecule has 0 spiro atoms. The highest BCUT2D eigenvalue weighted by Crippen LogP contribution is 2.09. The van der Waals surface area contributed by atoms with Crippen LogP contribution in [-0.4, -0.2) is 60.5 Å². The van der Waals surface area contributed by atoms with Crippen molar-refractivity contribution >= 4 is 0 Å². The molecule has 0 saturated carbocycles. The van der Waals surface area contributed by atoms with E-state index in [1.807, 2.05) is 0 Å². The summed E-state index contributed by atoms with van der Waals surface area (Å²) < 4.78 is 5.74. The first kappa shape index (κ1) is 15.9. The zero-order valence-electron chi connectivity index (χ0n) is 12.4. The highest BCUT2D eigenvalue weighted by atomic mass is 16.5. The van der Waals surface area contributed by atoms with E-state index in [2.05, 4.69) is 37.9 Å². The molecule has 1 saturated heterocycles. The topological polar surface area (TPSA) is 44.7 Å². The van der Waals surface area contributed by atoms with Crippen LogP contribution in [0.15, 0.2) is 0 Å². The number of hydrogen-bond donors (Lipinski definition) is 2. The van der Waals surface area contributed by atoms with Gasteiger partial charge in [-0.05, 0) is 33.6 Å². The lowest BCUT2D eigenvalue weighted by atomic mass is 10.1. The fourth-order valence-corrected chi connectivity index (χ4v) is 2.17. The maximum atomic E-state index is 10.1. The molecule has 0 aromatic rings. The second kappa shape index (κ2) is 7.43. The molecule has 1 fully saturated rings. The third-order valence-electron chi connectivity index (χ3n) is 3.23. The van der Waals surface area contributed by atoms with Crippen molar-refractivity contribution in [1.29, 1.82) is 0 Å². The summed E-state index contributed by atoms with van der Waals surface area (Å²) in [5, 5.41) is 13.4. The normalized spacial score (nSPS) is 24.8. The number of hydrogen-bond acceptors (Lipinski definition) is 4. The van der Waals surface area contributed by atoms with Crippen LogP contribution in [0.5, 0.6) is 0 Å². The van der Waals surface area contributed by atoms with Gasteiger partial charge in [0.05, 0.1) is 12.2 Å². The van der Waals surface area contributed by atoms with Crippen molar-refractivity contribution in [1.82, 2.24) is 10.2 Å². The maximum Gasteiger partial charge on any atom is 0.0791 e. The molecule has 2 unspecified atom stereocenters. The SMILES string of the molecule is CCC1CN(CC(O)CNC(C)(C)C)CCCO1. The Hall–Kier alpha value is -0.160. The Balaban J connectivity index is 2.31. The summed E-state index contributed by atoms with van der Waals surface area (Å²) in [6, 6.07) is 0. The third-order valence-corrected chi connectivity index (χ3v) is 3.23. The molecule has 0 aromatic heterocycles. The first-order chi connectivity index (χ1) is 8.40. The number of nitrogens with one attached hydrogen (secondary N) is 1. The zero-order valence-corrected chi connectivity index (χ0v) is 12.4. The van der Waals surface area contributed by atoms with E-state index in [1.54, 1.807) is 0 Å². The van der Waals surface area contributed by atoms with Gasteiger partial charge in [0.2, 0.25) is 0 Å². The number of nitrogens with zero attached hydrogens (tertiary/aromatic N) is 1. The monoisotopic (exact) mass is 258 g/mol. The summed E-state index contributed by atoms with van der Waals surface area (Å²) >= 11 is 0. The maximum absolute atomic E-state index is 10.1. The summed E-state index contributed by atoms with van der Waals surface area (Å²) in [6.07, 6.45) is 2.14. The van der Waals surface area contributed by atoms with Crippen molar-refractivity contribution in [2.45, 2.75) is 58.3 Å². The Bertz CT molecular complexity index is 228. The Morgan fingerprint density at radius 1 is 1.44 bits per heavy atom. The first-order valence-corrected chi connectivity index (χ1v) is 7.17. The molecule has 0 radical (unpaired) electrons. The summed E-state index contributed by atoms with van der Waals surface area (Å²) in [5.74, 6) is 0. The van der Waals surface area contributed by atoms with Crippen LogP contribution in [0.25, 0.3) is 0 Å². The molecule has 4 heteroatoms. The average molecular weight is 258 g/mol. The quantitative estimate of drug-likeness (QED) is 0.779. The van der Waals surface area contributed by atoms with Crippen LogP contribution >= 0.6 is 0 Å². The molecule has 1 heterocycles. The van der Waals surface area contributed by atoms with Crippen molar-refractivity contribution in [2.75, 3.05) is 32.8 Å². The van der Waals surface area contributed by atoms with E-state index >= 15 is 0 Å². The molecule has 1 aliphatic rings. The fraction of sp³-hybridized carbons (Fsp3) is 1.00. The van der Waals surface area contributed by atoms with E-state index < -0.39 is 0 Å². The van der Waals surface area contributed by atoms with Crippen molar-refractivity contribution in [3.8, 4) is 0 Å². The van der Waals surface area contributed by atoms with E-state index in [4.69, 9.17) is 4.74 Å². The summed E-state index contributed by atoms with van der Waals surface area (Å²) in [7, 11) is 0. The molecule has 0 aliphatic carbocycles. The molecule has 1 aliphatic heterocycles. The van der Waals surface area contributed by atoms with Crippen molar-refractivity contribution in [3.63, 3.8) is 0 Å². The summed E-state index contributed by atoms with van der Waals surface area (Å²) in [4.78, 5) is 2.33. The minimum Gasteiger partial charge on any atom is -0.390 e. The number of aliphatic hydroxyl groups is 1. The van der Waals surface area contributed by atoms with Crippen LogP contribution in [-0.2, 0) is 4.74 Å². The molecule has 2 N–H and O–H groups in total. The van der Waals surface area contributed by atoms with Gasteiger partial charge in [-0.3, -0.25) is 4.90 Å². The van der Waals surface area contributed by atoms with Gasteiger partial charge in [-0.2, -0.15) is 0 Å². The predicted octanol–water partition coefficient (Wildman–Crippen LogP) is 1.24. The van der Waals surface area contributed by atoms with Gasteiger partial charge in [-0.15, -0.1) is 0 Å². The molecule has 1 rings (SSSR count). The van der Waals surface area contributed by atoms with Crippen LogP contribution in [0.4, 0.5) is 0 Å². The molecule has 4 nitrogen and oxygen atoms in total. The van der Waals surface area contributed by atoms with E-state index in [9.17, 15) is 5.11 Å². The van der Waals surface area contributed by atoms with E-state index in [1.165, 1.54) is 0 Å². The smallest absolute Gasteiger partial charge is 0.0791 e. The highest BCUT2D eigenvalue weighted by molar-refractivity contribution is 4.76. The Labute approximate surface area is 112 Å². The second-order valence-electron chi connectivity index (χ2n) is 6.30. The van der Waals surface area contributed by atoms with Crippen LogP contribution in [0.3, 0.4) is 0 Å². The summed E-state index contributed by atoms with van der Waals surface area (Å²) in [5.41, 5.74) is 0.0643. The average Bonchev–Trinajstić information content (AvgIpc) is 2.50. The molecule has 108 valence electrons. The minimum absolute atomic E-state index is 0.0643. The van der Waals surface area contributed by atoms with Gasteiger partial charge in [0.15, 0.2) is 0 Å². The Kier molecular flexibility index (Phi) is 6.57.